The van der Waals surface area contributed by atoms with Crippen LogP contribution in [0.1, 0.15) is 6.92 Å². The fourth-order valence-corrected chi connectivity index (χ4v) is 0.343. The number of ether oxygens (including phenoxy) is 1. The van der Waals surface area contributed by atoms with Crippen molar-refractivity contribution in [1.29, 1.82) is 0 Å². The molecule has 55 valence electrons. The predicted octanol–water partition coefficient (Wildman–Crippen LogP) is -0.421. The minimum atomic E-state index is -0.785. The van der Waals surface area contributed by atoms with Crippen molar-refractivity contribution < 1.29 is 14.9 Å². The molecule has 0 aromatic heterocycles. The van der Waals surface area contributed by atoms with Gasteiger partial charge in [0, 0.05) is 6.61 Å². The molecule has 0 aromatic rings. The van der Waals surface area contributed by atoms with Gasteiger partial charge in [0.25, 0.3) is 0 Å². The van der Waals surface area contributed by atoms with Crippen molar-refractivity contribution in [3.63, 3.8) is 0 Å². The maximum absolute atomic E-state index is 8.85. The SMILES string of the molecule is [CH2]COCC(O)C(C)O. The average Bonchev–Trinajstić information content (AvgIpc) is 1.82. The zero-order chi connectivity index (χ0) is 7.28. The van der Waals surface area contributed by atoms with Crippen LogP contribution in [-0.4, -0.2) is 35.6 Å². The van der Waals surface area contributed by atoms with Crippen LogP contribution in [0.2, 0.25) is 0 Å². The van der Waals surface area contributed by atoms with Gasteiger partial charge in [-0.15, -0.1) is 0 Å². The van der Waals surface area contributed by atoms with Crippen molar-refractivity contribution in [2.24, 2.45) is 0 Å². The van der Waals surface area contributed by atoms with Crippen molar-refractivity contribution >= 4 is 0 Å². The van der Waals surface area contributed by atoms with E-state index in [-0.39, 0.29) is 6.61 Å². The van der Waals surface area contributed by atoms with E-state index in [0.29, 0.717) is 6.61 Å². The van der Waals surface area contributed by atoms with Gasteiger partial charge in [0.1, 0.15) is 6.10 Å². The monoisotopic (exact) mass is 133 g/mol. The first-order valence-corrected chi connectivity index (χ1v) is 2.91. The Morgan fingerprint density at radius 2 is 2.11 bits per heavy atom. The molecule has 0 amide bonds. The van der Waals surface area contributed by atoms with Crippen LogP contribution >= 0.6 is 0 Å². The van der Waals surface area contributed by atoms with E-state index >= 15 is 0 Å². The fourth-order valence-electron chi connectivity index (χ4n) is 0.343. The van der Waals surface area contributed by atoms with Gasteiger partial charge in [-0.05, 0) is 13.8 Å². The van der Waals surface area contributed by atoms with Crippen molar-refractivity contribution in [3.05, 3.63) is 6.92 Å². The standard InChI is InChI=1S/C6H13O3/c1-3-9-4-6(8)5(2)7/h5-8H,1,3-4H2,2H3. The Morgan fingerprint density at radius 3 is 2.44 bits per heavy atom. The van der Waals surface area contributed by atoms with Crippen LogP contribution in [0.15, 0.2) is 0 Å². The van der Waals surface area contributed by atoms with Crippen LogP contribution in [0, 0.1) is 6.92 Å². The Balaban J connectivity index is 3.16. The maximum atomic E-state index is 8.85. The van der Waals surface area contributed by atoms with E-state index in [4.69, 9.17) is 14.9 Å². The predicted molar refractivity (Wildman–Crippen MR) is 33.9 cm³/mol. The lowest BCUT2D eigenvalue weighted by atomic mass is 10.2. The quantitative estimate of drug-likeness (QED) is 0.547. The number of hydrogen-bond donors (Lipinski definition) is 2. The number of hydrogen-bond acceptors (Lipinski definition) is 3. The van der Waals surface area contributed by atoms with E-state index in [1.54, 1.807) is 0 Å². The molecule has 2 atom stereocenters. The zero-order valence-electron chi connectivity index (χ0n) is 5.58. The molecule has 0 spiro atoms. The van der Waals surface area contributed by atoms with Gasteiger partial charge in [-0.2, -0.15) is 0 Å². The normalized spacial score (nSPS) is 17.3. The largest absolute Gasteiger partial charge is 0.391 e. The number of aliphatic hydroxyl groups excluding tert-OH is 2. The van der Waals surface area contributed by atoms with Crippen LogP contribution in [0.3, 0.4) is 0 Å². The molecule has 0 saturated heterocycles. The minimum absolute atomic E-state index is 0.154. The van der Waals surface area contributed by atoms with Crippen LogP contribution in [-0.2, 0) is 4.74 Å². The Bertz CT molecular complexity index is 63.3. The first-order valence-electron chi connectivity index (χ1n) is 2.91. The van der Waals surface area contributed by atoms with Gasteiger partial charge in [0.05, 0.1) is 12.7 Å². The molecule has 0 saturated carbocycles. The van der Waals surface area contributed by atoms with Gasteiger partial charge in [0.2, 0.25) is 0 Å². The number of rotatable bonds is 4. The maximum Gasteiger partial charge on any atom is 0.103 e. The molecule has 0 aromatic carbocycles. The second-order valence-corrected chi connectivity index (χ2v) is 1.88. The smallest absolute Gasteiger partial charge is 0.103 e. The first-order chi connectivity index (χ1) is 4.18. The van der Waals surface area contributed by atoms with E-state index in [1.165, 1.54) is 6.92 Å². The van der Waals surface area contributed by atoms with Crippen molar-refractivity contribution in [1.82, 2.24) is 0 Å². The summed E-state index contributed by atoms with van der Waals surface area (Å²) in [5.41, 5.74) is 0. The molecule has 1 radical (unpaired) electrons. The molecule has 0 aliphatic rings. The molecule has 9 heavy (non-hydrogen) atoms. The van der Waals surface area contributed by atoms with E-state index < -0.39 is 12.2 Å². The Labute approximate surface area is 55.3 Å². The Morgan fingerprint density at radius 1 is 1.56 bits per heavy atom. The lowest BCUT2D eigenvalue weighted by Gasteiger charge is -2.12. The van der Waals surface area contributed by atoms with E-state index in [1.807, 2.05) is 0 Å². The van der Waals surface area contributed by atoms with Crippen LogP contribution in [0.25, 0.3) is 0 Å². The molecule has 0 heterocycles. The summed E-state index contributed by atoms with van der Waals surface area (Å²) < 4.78 is 4.74. The van der Waals surface area contributed by atoms with Gasteiger partial charge in [-0.1, -0.05) is 0 Å². The molecule has 0 bridgehead atoms. The third-order valence-electron chi connectivity index (χ3n) is 0.990. The lowest BCUT2D eigenvalue weighted by Crippen LogP contribution is -2.27. The lowest BCUT2D eigenvalue weighted by molar-refractivity contribution is -0.0248. The molecule has 2 N–H and O–H groups in total. The molecule has 0 aliphatic carbocycles. The topological polar surface area (TPSA) is 49.7 Å². The third-order valence-corrected chi connectivity index (χ3v) is 0.990. The highest BCUT2D eigenvalue weighted by atomic mass is 16.5. The molecule has 3 heteroatoms. The fraction of sp³-hybridized carbons (Fsp3) is 0.833. The zero-order valence-corrected chi connectivity index (χ0v) is 5.58. The molecule has 0 rings (SSSR count). The van der Waals surface area contributed by atoms with Gasteiger partial charge < -0.3 is 14.9 Å². The number of aliphatic hydroxyl groups is 2. The minimum Gasteiger partial charge on any atom is -0.391 e. The van der Waals surface area contributed by atoms with Crippen molar-refractivity contribution in [3.8, 4) is 0 Å². The van der Waals surface area contributed by atoms with Crippen LogP contribution in [0.4, 0.5) is 0 Å². The average molecular weight is 133 g/mol. The second kappa shape index (κ2) is 4.73. The summed E-state index contributed by atoms with van der Waals surface area (Å²) in [6.45, 7) is 5.39. The van der Waals surface area contributed by atoms with Crippen molar-refractivity contribution in [2.75, 3.05) is 13.2 Å². The van der Waals surface area contributed by atoms with E-state index in [0.717, 1.165) is 0 Å². The van der Waals surface area contributed by atoms with Gasteiger partial charge in [0.15, 0.2) is 0 Å². The highest BCUT2D eigenvalue weighted by molar-refractivity contribution is 4.59. The summed E-state index contributed by atoms with van der Waals surface area (Å²) in [5.74, 6) is 0. The van der Waals surface area contributed by atoms with Crippen LogP contribution in [0.5, 0.6) is 0 Å². The van der Waals surface area contributed by atoms with E-state index in [2.05, 4.69) is 6.92 Å². The van der Waals surface area contributed by atoms with Gasteiger partial charge >= 0.3 is 0 Å². The molecule has 0 aliphatic heterocycles. The summed E-state index contributed by atoms with van der Waals surface area (Å²) in [6.07, 6.45) is -1.51. The van der Waals surface area contributed by atoms with Gasteiger partial charge in [-0.25, -0.2) is 0 Å². The second-order valence-electron chi connectivity index (χ2n) is 1.88. The summed E-state index contributed by atoms with van der Waals surface area (Å²) >= 11 is 0. The summed E-state index contributed by atoms with van der Waals surface area (Å²) in [4.78, 5) is 0. The Hall–Kier alpha value is -0.120. The van der Waals surface area contributed by atoms with Gasteiger partial charge in [-0.3, -0.25) is 0 Å². The first kappa shape index (κ1) is 8.88. The molecule has 2 unspecified atom stereocenters. The highest BCUT2D eigenvalue weighted by Crippen LogP contribution is 1.91. The summed E-state index contributed by atoms with van der Waals surface area (Å²) in [7, 11) is 0. The third kappa shape index (κ3) is 4.39. The Kier molecular flexibility index (Phi) is 4.67. The van der Waals surface area contributed by atoms with Crippen LogP contribution < -0.4 is 0 Å². The highest BCUT2D eigenvalue weighted by Gasteiger charge is 2.09. The van der Waals surface area contributed by atoms with Crippen molar-refractivity contribution in [2.45, 2.75) is 19.1 Å². The molecule has 0 fully saturated rings. The molecular formula is C6H13O3. The molecular weight excluding hydrogens is 120 g/mol. The van der Waals surface area contributed by atoms with E-state index in [9.17, 15) is 0 Å². The molecule has 3 nitrogen and oxygen atoms in total. The summed E-state index contributed by atoms with van der Waals surface area (Å²) in [6, 6.07) is 0. The summed E-state index contributed by atoms with van der Waals surface area (Å²) in [5, 5.41) is 17.6.